The number of rotatable bonds is 3. The van der Waals surface area contributed by atoms with E-state index in [0.29, 0.717) is 29.7 Å². The summed E-state index contributed by atoms with van der Waals surface area (Å²) in [6.45, 7) is 4.06. The van der Waals surface area contributed by atoms with Crippen LogP contribution in [-0.2, 0) is 0 Å². The number of hydrogen-bond donors (Lipinski definition) is 3. The molecule has 132 valence electrons. The second kappa shape index (κ2) is 7.15. The molecule has 0 aliphatic carbocycles. The van der Waals surface area contributed by atoms with E-state index in [1.165, 1.54) is 0 Å². The number of carbonyl (C=O) groups is 1. The molecule has 2 fully saturated rings. The predicted octanol–water partition coefficient (Wildman–Crippen LogP) is 1.93. The molecular weight excluding hydrogens is 338 g/mol. The fourth-order valence-corrected chi connectivity index (χ4v) is 3.95. The van der Waals surface area contributed by atoms with Crippen molar-refractivity contribution < 1.29 is 4.79 Å². The quantitative estimate of drug-likeness (QED) is 0.783. The summed E-state index contributed by atoms with van der Waals surface area (Å²) >= 11 is 6.37. The summed E-state index contributed by atoms with van der Waals surface area (Å²) in [4.78, 5) is 15.0. The number of carbonyl (C=O) groups excluding carboxylic acids is 1. The molecule has 6 nitrogen and oxygen atoms in total. The average Bonchev–Trinajstić information content (AvgIpc) is 3.33. The first-order valence-electron chi connectivity index (χ1n) is 8.76. The predicted molar refractivity (Wildman–Crippen MR) is 96.9 cm³/mol. The van der Waals surface area contributed by atoms with E-state index >= 15 is 0 Å². The Balaban J connectivity index is 1.58. The van der Waals surface area contributed by atoms with Crippen molar-refractivity contribution in [1.29, 1.82) is 0 Å². The van der Waals surface area contributed by atoms with E-state index in [4.69, 9.17) is 11.6 Å². The maximum atomic E-state index is 13.1. The molecule has 7 heteroatoms. The molecule has 2 atom stereocenters. The summed E-state index contributed by atoms with van der Waals surface area (Å²) in [5.74, 6) is 0.372. The Labute approximate surface area is 151 Å². The summed E-state index contributed by atoms with van der Waals surface area (Å²) in [7, 11) is 0. The van der Waals surface area contributed by atoms with E-state index in [-0.39, 0.29) is 11.9 Å². The lowest BCUT2D eigenvalue weighted by atomic mass is 10.0. The third-order valence-corrected chi connectivity index (χ3v) is 5.43. The molecule has 2 aliphatic rings. The molecule has 2 saturated heterocycles. The van der Waals surface area contributed by atoms with Crippen LogP contribution in [0, 0.1) is 0 Å². The van der Waals surface area contributed by atoms with Crippen LogP contribution in [0.2, 0.25) is 5.02 Å². The van der Waals surface area contributed by atoms with E-state index in [1.54, 1.807) is 0 Å². The summed E-state index contributed by atoms with van der Waals surface area (Å²) in [6.07, 6.45) is 1.08. The summed E-state index contributed by atoms with van der Waals surface area (Å²) in [5.41, 5.74) is 2.50. The number of H-pyrrole nitrogens is 1. The fraction of sp³-hybridized carbons (Fsp3) is 0.444. The van der Waals surface area contributed by atoms with Crippen LogP contribution in [-0.4, -0.2) is 53.7 Å². The molecule has 1 aromatic carbocycles. The van der Waals surface area contributed by atoms with Crippen LogP contribution >= 0.6 is 11.6 Å². The van der Waals surface area contributed by atoms with Gasteiger partial charge in [0.2, 0.25) is 0 Å². The molecule has 2 unspecified atom stereocenters. The van der Waals surface area contributed by atoms with Crippen LogP contribution < -0.4 is 10.6 Å². The first kappa shape index (κ1) is 16.6. The monoisotopic (exact) mass is 359 g/mol. The van der Waals surface area contributed by atoms with Gasteiger partial charge in [-0.1, -0.05) is 29.8 Å². The molecule has 0 radical (unpaired) electrons. The van der Waals surface area contributed by atoms with Crippen LogP contribution in [0.15, 0.2) is 30.3 Å². The van der Waals surface area contributed by atoms with Crippen LogP contribution in [0.5, 0.6) is 0 Å². The van der Waals surface area contributed by atoms with Crippen molar-refractivity contribution >= 4 is 17.5 Å². The summed E-state index contributed by atoms with van der Waals surface area (Å²) in [5, 5.41) is 14.7. The van der Waals surface area contributed by atoms with E-state index in [1.807, 2.05) is 35.2 Å². The van der Waals surface area contributed by atoms with Crippen molar-refractivity contribution in [1.82, 2.24) is 25.7 Å². The topological polar surface area (TPSA) is 73.0 Å². The Morgan fingerprint density at radius 1 is 1.20 bits per heavy atom. The van der Waals surface area contributed by atoms with Crippen molar-refractivity contribution in [3.05, 3.63) is 52.3 Å². The second-order valence-corrected chi connectivity index (χ2v) is 7.05. The van der Waals surface area contributed by atoms with Crippen molar-refractivity contribution in [3.63, 3.8) is 0 Å². The lowest BCUT2D eigenvalue weighted by Crippen LogP contribution is -2.48. The van der Waals surface area contributed by atoms with Crippen LogP contribution in [0.4, 0.5) is 0 Å². The van der Waals surface area contributed by atoms with Gasteiger partial charge < -0.3 is 15.5 Å². The number of hydrogen-bond acceptors (Lipinski definition) is 4. The van der Waals surface area contributed by atoms with Gasteiger partial charge in [0.1, 0.15) is 5.69 Å². The molecule has 0 spiro atoms. The number of aromatic nitrogens is 2. The standard InChI is InChI=1S/C18H22ClN5O/c19-14-4-2-1-3-13(14)17-11-21-7-8-24(17)18(25)16-9-15(22-23-16)12-5-6-20-10-12/h1-4,9,12,17,20-21H,5-8,10-11H2,(H,22,23). The van der Waals surface area contributed by atoms with Gasteiger partial charge in [-0.05, 0) is 30.7 Å². The Morgan fingerprint density at radius 2 is 2.04 bits per heavy atom. The fourth-order valence-electron chi connectivity index (χ4n) is 3.69. The first-order valence-corrected chi connectivity index (χ1v) is 9.14. The van der Waals surface area contributed by atoms with Crippen LogP contribution in [0.25, 0.3) is 0 Å². The molecule has 3 N–H and O–H groups in total. The highest BCUT2D eigenvalue weighted by Crippen LogP contribution is 2.30. The van der Waals surface area contributed by atoms with E-state index in [2.05, 4.69) is 20.8 Å². The number of nitrogens with one attached hydrogen (secondary N) is 3. The first-order chi connectivity index (χ1) is 12.2. The van der Waals surface area contributed by atoms with Crippen molar-refractivity contribution in [2.75, 3.05) is 32.7 Å². The molecule has 1 aromatic heterocycles. The highest BCUT2D eigenvalue weighted by atomic mass is 35.5. The Kier molecular flexibility index (Phi) is 4.74. The number of aromatic amines is 1. The molecule has 2 aromatic rings. The van der Waals surface area contributed by atoms with Crippen LogP contribution in [0.1, 0.15) is 40.1 Å². The minimum Gasteiger partial charge on any atom is -0.328 e. The Morgan fingerprint density at radius 3 is 2.84 bits per heavy atom. The zero-order valence-electron chi connectivity index (χ0n) is 14.0. The third-order valence-electron chi connectivity index (χ3n) is 5.09. The third kappa shape index (κ3) is 3.29. The lowest BCUT2D eigenvalue weighted by molar-refractivity contribution is 0.0628. The van der Waals surface area contributed by atoms with Gasteiger partial charge in [0.15, 0.2) is 0 Å². The molecule has 3 heterocycles. The zero-order chi connectivity index (χ0) is 17.2. The summed E-state index contributed by atoms with van der Waals surface area (Å²) < 4.78 is 0. The maximum Gasteiger partial charge on any atom is 0.274 e. The van der Waals surface area contributed by atoms with Gasteiger partial charge in [0.25, 0.3) is 5.91 Å². The van der Waals surface area contributed by atoms with Gasteiger partial charge in [-0.2, -0.15) is 5.10 Å². The Bertz CT molecular complexity index is 755. The van der Waals surface area contributed by atoms with Gasteiger partial charge in [-0.3, -0.25) is 9.89 Å². The molecule has 25 heavy (non-hydrogen) atoms. The van der Waals surface area contributed by atoms with Gasteiger partial charge in [-0.15, -0.1) is 0 Å². The molecule has 1 amide bonds. The normalized spacial score (nSPS) is 23.8. The molecule has 0 saturated carbocycles. The molecule has 4 rings (SSSR count). The lowest BCUT2D eigenvalue weighted by Gasteiger charge is -2.36. The maximum absolute atomic E-state index is 13.1. The van der Waals surface area contributed by atoms with E-state index < -0.39 is 0 Å². The largest absolute Gasteiger partial charge is 0.328 e. The minimum atomic E-state index is -0.0803. The van der Waals surface area contributed by atoms with E-state index in [9.17, 15) is 4.79 Å². The number of benzene rings is 1. The summed E-state index contributed by atoms with van der Waals surface area (Å²) in [6, 6.07) is 9.55. The molecule has 2 aliphatic heterocycles. The highest BCUT2D eigenvalue weighted by molar-refractivity contribution is 6.31. The SMILES string of the molecule is O=C(c1cc(C2CCNC2)[nH]n1)N1CCNCC1c1ccccc1Cl. The molecule has 0 bridgehead atoms. The van der Waals surface area contributed by atoms with Crippen LogP contribution in [0.3, 0.4) is 0 Å². The van der Waals surface area contributed by atoms with Gasteiger partial charge in [-0.25, -0.2) is 0 Å². The molecular formula is C18H22ClN5O. The number of halogens is 1. The smallest absolute Gasteiger partial charge is 0.274 e. The number of nitrogens with zero attached hydrogens (tertiary/aromatic N) is 2. The van der Waals surface area contributed by atoms with E-state index in [0.717, 1.165) is 37.3 Å². The number of amides is 1. The highest BCUT2D eigenvalue weighted by Gasteiger charge is 2.31. The number of piperazine rings is 1. The average molecular weight is 360 g/mol. The van der Waals surface area contributed by atoms with Gasteiger partial charge in [0, 0.05) is 42.8 Å². The van der Waals surface area contributed by atoms with Crippen molar-refractivity contribution in [2.45, 2.75) is 18.4 Å². The second-order valence-electron chi connectivity index (χ2n) is 6.64. The minimum absolute atomic E-state index is 0.0418. The van der Waals surface area contributed by atoms with Gasteiger partial charge >= 0.3 is 0 Å². The van der Waals surface area contributed by atoms with Gasteiger partial charge in [0.05, 0.1) is 6.04 Å². The van der Waals surface area contributed by atoms with Crippen molar-refractivity contribution in [2.24, 2.45) is 0 Å². The Hall–Kier alpha value is -1.89. The zero-order valence-corrected chi connectivity index (χ0v) is 14.7. The van der Waals surface area contributed by atoms with Crippen molar-refractivity contribution in [3.8, 4) is 0 Å².